The van der Waals surface area contributed by atoms with Gasteiger partial charge in [0.2, 0.25) is 5.91 Å². The summed E-state index contributed by atoms with van der Waals surface area (Å²) in [7, 11) is 2.70. The second kappa shape index (κ2) is 11.1. The van der Waals surface area contributed by atoms with Gasteiger partial charge < -0.3 is 28.4 Å². The molecule has 176 valence electrons. The summed E-state index contributed by atoms with van der Waals surface area (Å²) in [6, 6.07) is 12.5. The number of aryl methyl sites for hydroxylation is 1. The maximum absolute atomic E-state index is 12.5. The molecule has 0 aliphatic rings. The molecule has 10 heteroatoms. The van der Waals surface area contributed by atoms with Crippen molar-refractivity contribution in [1.82, 2.24) is 5.16 Å². The second-order valence-electron chi connectivity index (χ2n) is 7.13. The van der Waals surface area contributed by atoms with Crippen molar-refractivity contribution in [3.8, 4) is 22.8 Å². The highest BCUT2D eigenvalue weighted by Crippen LogP contribution is 2.49. The molecule has 0 bridgehead atoms. The smallest absolute Gasteiger partial charge is 0.334 e. The molecule has 0 aliphatic heterocycles. The minimum atomic E-state index is -3.14. The van der Waals surface area contributed by atoms with Crippen molar-refractivity contribution in [3.63, 3.8) is 0 Å². The van der Waals surface area contributed by atoms with Gasteiger partial charge in [0.15, 0.2) is 17.3 Å². The van der Waals surface area contributed by atoms with Crippen molar-refractivity contribution in [2.45, 2.75) is 19.0 Å². The number of anilines is 1. The van der Waals surface area contributed by atoms with Gasteiger partial charge in [0, 0.05) is 37.5 Å². The summed E-state index contributed by atoms with van der Waals surface area (Å²) >= 11 is 0. The van der Waals surface area contributed by atoms with Crippen molar-refractivity contribution in [1.29, 1.82) is 0 Å². The fourth-order valence-electron chi connectivity index (χ4n) is 3.25. The first kappa shape index (κ1) is 24.5. The number of nitrogens with zero attached hydrogens (tertiary/aromatic N) is 1. The van der Waals surface area contributed by atoms with Crippen molar-refractivity contribution in [2.24, 2.45) is 0 Å². The van der Waals surface area contributed by atoms with E-state index in [2.05, 4.69) is 10.5 Å². The Morgan fingerprint density at radius 3 is 2.33 bits per heavy atom. The van der Waals surface area contributed by atoms with Crippen LogP contribution in [0.1, 0.15) is 17.5 Å². The maximum atomic E-state index is 12.5. The number of aromatic nitrogens is 1. The Morgan fingerprint density at radius 2 is 1.70 bits per heavy atom. The van der Waals surface area contributed by atoms with Gasteiger partial charge in [-0.1, -0.05) is 17.3 Å². The van der Waals surface area contributed by atoms with Crippen molar-refractivity contribution in [3.05, 3.63) is 59.8 Å². The number of carbonyl (C=O) groups is 1. The topological polar surface area (TPSA) is 109 Å². The molecule has 33 heavy (non-hydrogen) atoms. The van der Waals surface area contributed by atoms with Gasteiger partial charge in [-0.2, -0.15) is 0 Å². The molecule has 9 nitrogen and oxygen atoms in total. The first-order chi connectivity index (χ1) is 15.9. The van der Waals surface area contributed by atoms with E-state index in [0.29, 0.717) is 29.4 Å². The first-order valence-electron chi connectivity index (χ1n) is 10.2. The van der Waals surface area contributed by atoms with E-state index in [1.807, 2.05) is 6.07 Å². The third-order valence-electron chi connectivity index (χ3n) is 5.08. The standard InChI is InChI=1S/C23H27N2O7P/c1-28-20-11-7-17(13-21(20)29-2)23-18(14-24-32-23)8-12-22(26)25-19-9-5-16(6-10-19)15-33(27,30-3)31-4/h5-7,9-11,13-14H,8,12,15H2,1-4H3,(H,25,26). The van der Waals surface area contributed by atoms with E-state index < -0.39 is 7.60 Å². The largest absolute Gasteiger partial charge is 0.493 e. The molecule has 1 N–H and O–H groups in total. The van der Waals surface area contributed by atoms with Crippen LogP contribution in [0.5, 0.6) is 11.5 Å². The van der Waals surface area contributed by atoms with E-state index in [9.17, 15) is 9.36 Å². The Bertz CT molecular complexity index is 1120. The lowest BCUT2D eigenvalue weighted by Crippen LogP contribution is -2.12. The zero-order chi connectivity index (χ0) is 23.8. The van der Waals surface area contributed by atoms with Crippen LogP contribution in [-0.4, -0.2) is 39.5 Å². The van der Waals surface area contributed by atoms with Crippen LogP contribution in [0.4, 0.5) is 5.69 Å². The Balaban J connectivity index is 1.60. The molecule has 0 radical (unpaired) electrons. The van der Waals surface area contributed by atoms with E-state index in [1.165, 1.54) is 14.2 Å². The van der Waals surface area contributed by atoms with E-state index in [0.717, 1.165) is 16.7 Å². The number of amides is 1. The fourth-order valence-corrected chi connectivity index (χ4v) is 4.31. The Hall–Kier alpha value is -3.13. The van der Waals surface area contributed by atoms with Gasteiger partial charge in [-0.3, -0.25) is 9.36 Å². The summed E-state index contributed by atoms with van der Waals surface area (Å²) < 4.78 is 38.2. The molecule has 2 aromatic carbocycles. The molecule has 0 atom stereocenters. The molecule has 3 aromatic rings. The summed E-state index contributed by atoms with van der Waals surface area (Å²) in [5, 5.41) is 6.75. The van der Waals surface area contributed by atoms with Crippen LogP contribution < -0.4 is 14.8 Å². The molecule has 1 aromatic heterocycles. The molecule has 0 aliphatic carbocycles. The lowest BCUT2D eigenvalue weighted by Gasteiger charge is -2.13. The molecule has 0 saturated carbocycles. The van der Waals surface area contributed by atoms with Crippen LogP contribution in [-0.2, 0) is 31.0 Å². The minimum absolute atomic E-state index is 0.151. The van der Waals surface area contributed by atoms with Crippen molar-refractivity contribution < 1.29 is 32.4 Å². The van der Waals surface area contributed by atoms with Crippen LogP contribution in [0, 0.1) is 0 Å². The highest BCUT2D eigenvalue weighted by molar-refractivity contribution is 7.52. The minimum Gasteiger partial charge on any atom is -0.493 e. The van der Waals surface area contributed by atoms with Crippen molar-refractivity contribution >= 4 is 19.2 Å². The molecule has 0 unspecified atom stereocenters. The highest BCUT2D eigenvalue weighted by atomic mass is 31.2. The molecule has 0 saturated heterocycles. The van der Waals surface area contributed by atoms with Gasteiger partial charge in [-0.05, 0) is 42.3 Å². The number of carbonyl (C=O) groups excluding carboxylic acids is 1. The molecule has 0 spiro atoms. The van der Waals surface area contributed by atoms with E-state index in [1.54, 1.807) is 56.8 Å². The quantitative estimate of drug-likeness (QED) is 0.390. The third kappa shape index (κ3) is 6.22. The van der Waals surface area contributed by atoms with Crippen LogP contribution in [0.2, 0.25) is 0 Å². The average Bonchev–Trinajstić information content (AvgIpc) is 3.32. The SMILES string of the molecule is COc1ccc(-c2oncc2CCC(=O)Nc2ccc(CP(=O)(OC)OC)cc2)cc1OC. The van der Waals surface area contributed by atoms with Crippen LogP contribution in [0.25, 0.3) is 11.3 Å². The number of ether oxygens (including phenoxy) is 2. The molecular weight excluding hydrogens is 447 g/mol. The zero-order valence-electron chi connectivity index (χ0n) is 19.0. The Morgan fingerprint density at radius 1 is 1.00 bits per heavy atom. The number of rotatable bonds is 11. The van der Waals surface area contributed by atoms with Crippen LogP contribution in [0.15, 0.2) is 53.2 Å². The predicted molar refractivity (Wildman–Crippen MR) is 124 cm³/mol. The molecular formula is C23H27N2O7P. The van der Waals surface area contributed by atoms with E-state index >= 15 is 0 Å². The number of hydrogen-bond donors (Lipinski definition) is 1. The molecule has 1 amide bonds. The van der Waals surface area contributed by atoms with E-state index in [-0.39, 0.29) is 18.5 Å². The van der Waals surface area contributed by atoms with Gasteiger partial charge in [0.1, 0.15) is 0 Å². The summed E-state index contributed by atoms with van der Waals surface area (Å²) in [5.74, 6) is 1.61. The van der Waals surface area contributed by atoms with Crippen LogP contribution >= 0.6 is 7.60 Å². The highest BCUT2D eigenvalue weighted by Gasteiger charge is 2.21. The summed E-state index contributed by atoms with van der Waals surface area (Å²) in [5.41, 5.74) is 3.01. The monoisotopic (exact) mass is 474 g/mol. The fraction of sp³-hybridized carbons (Fsp3) is 0.304. The Kier molecular flexibility index (Phi) is 8.27. The number of nitrogens with one attached hydrogen (secondary N) is 1. The van der Waals surface area contributed by atoms with Gasteiger partial charge in [-0.15, -0.1) is 0 Å². The number of hydrogen-bond acceptors (Lipinski definition) is 8. The van der Waals surface area contributed by atoms with Gasteiger partial charge in [0.05, 0.1) is 26.6 Å². The molecule has 1 heterocycles. The normalized spacial score (nSPS) is 11.3. The van der Waals surface area contributed by atoms with Crippen LogP contribution in [0.3, 0.4) is 0 Å². The summed E-state index contributed by atoms with van der Waals surface area (Å²) in [6.45, 7) is 0. The average molecular weight is 474 g/mol. The zero-order valence-corrected chi connectivity index (χ0v) is 19.9. The van der Waals surface area contributed by atoms with E-state index in [4.69, 9.17) is 23.0 Å². The van der Waals surface area contributed by atoms with Gasteiger partial charge >= 0.3 is 7.60 Å². The lowest BCUT2D eigenvalue weighted by molar-refractivity contribution is -0.116. The number of methoxy groups -OCH3 is 2. The first-order valence-corrected chi connectivity index (χ1v) is 11.9. The maximum Gasteiger partial charge on any atom is 0.334 e. The molecule has 0 fully saturated rings. The van der Waals surface area contributed by atoms with Gasteiger partial charge in [-0.25, -0.2) is 0 Å². The lowest BCUT2D eigenvalue weighted by atomic mass is 10.0. The molecule has 3 rings (SSSR count). The van der Waals surface area contributed by atoms with Gasteiger partial charge in [0.25, 0.3) is 0 Å². The Labute approximate surface area is 192 Å². The van der Waals surface area contributed by atoms with Crippen molar-refractivity contribution in [2.75, 3.05) is 33.8 Å². The third-order valence-corrected chi connectivity index (χ3v) is 6.95. The predicted octanol–water partition coefficient (Wildman–Crippen LogP) is 4.92. The second-order valence-corrected chi connectivity index (χ2v) is 9.40. The summed E-state index contributed by atoms with van der Waals surface area (Å²) in [6.07, 6.45) is 2.45. The summed E-state index contributed by atoms with van der Waals surface area (Å²) in [4.78, 5) is 12.5. The number of benzene rings is 2.